The van der Waals surface area contributed by atoms with Gasteiger partial charge >= 0.3 is 6.09 Å². The lowest BCUT2D eigenvalue weighted by Gasteiger charge is -2.24. The summed E-state index contributed by atoms with van der Waals surface area (Å²) in [5, 5.41) is 0. The van der Waals surface area contributed by atoms with Crippen LogP contribution in [0.4, 0.5) is 4.79 Å². The van der Waals surface area contributed by atoms with Crippen molar-refractivity contribution in [2.45, 2.75) is 39.7 Å². The molecule has 0 aromatic rings. The highest BCUT2D eigenvalue weighted by atomic mass is 16.6. The summed E-state index contributed by atoms with van der Waals surface area (Å²) in [4.78, 5) is 25.1. The molecule has 0 saturated carbocycles. The number of carbonyl (C=O) groups is 2. The number of hydrogen-bond acceptors (Lipinski definition) is 3. The zero-order valence-corrected chi connectivity index (χ0v) is 10.9. The van der Waals surface area contributed by atoms with Crippen LogP contribution in [0.1, 0.15) is 34.1 Å². The number of hydrogen-bond donors (Lipinski definition) is 0. The molecule has 1 saturated heterocycles. The first-order chi connectivity index (χ1) is 7.78. The number of ether oxygens (including phenoxy) is 1. The quantitative estimate of drug-likeness (QED) is 0.648. The molecule has 4 nitrogen and oxygen atoms in total. The molecule has 1 fully saturated rings. The van der Waals surface area contributed by atoms with E-state index in [4.69, 9.17) is 4.74 Å². The molecule has 0 spiro atoms. The molecular weight excluding hydrogens is 218 g/mol. The van der Waals surface area contributed by atoms with E-state index < -0.39 is 5.60 Å². The summed E-state index contributed by atoms with van der Waals surface area (Å²) in [6, 6.07) is 0. The van der Waals surface area contributed by atoms with Crippen LogP contribution in [0.3, 0.4) is 0 Å². The van der Waals surface area contributed by atoms with E-state index in [1.165, 1.54) is 0 Å². The zero-order valence-electron chi connectivity index (χ0n) is 10.9. The summed E-state index contributed by atoms with van der Waals surface area (Å²) < 4.78 is 5.33. The summed E-state index contributed by atoms with van der Waals surface area (Å²) in [6.45, 7) is 8.60. The van der Waals surface area contributed by atoms with Gasteiger partial charge in [0.15, 0.2) is 5.78 Å². The van der Waals surface area contributed by atoms with Gasteiger partial charge in [0.1, 0.15) is 5.60 Å². The minimum absolute atomic E-state index is 0.230. The molecule has 17 heavy (non-hydrogen) atoms. The van der Waals surface area contributed by atoms with E-state index in [1.54, 1.807) is 4.90 Å². The Morgan fingerprint density at radius 2 is 2.06 bits per heavy atom. The lowest BCUT2D eigenvalue weighted by atomic mass is 10.1. The first-order valence-corrected chi connectivity index (χ1v) is 5.98. The fourth-order valence-electron chi connectivity index (χ4n) is 2.41. The van der Waals surface area contributed by atoms with Gasteiger partial charge in [-0.05, 0) is 38.8 Å². The maximum atomic E-state index is 11.9. The second-order valence-corrected chi connectivity index (χ2v) is 5.84. The minimum Gasteiger partial charge on any atom is -0.444 e. The first-order valence-electron chi connectivity index (χ1n) is 5.98. The Morgan fingerprint density at radius 1 is 1.41 bits per heavy atom. The van der Waals surface area contributed by atoms with Crippen LogP contribution in [0.2, 0.25) is 0 Å². The maximum Gasteiger partial charge on any atom is 0.410 e. The summed E-state index contributed by atoms with van der Waals surface area (Å²) in [5.74, 6) is 0.462. The van der Waals surface area contributed by atoms with Gasteiger partial charge in [-0.2, -0.15) is 0 Å². The van der Waals surface area contributed by atoms with Gasteiger partial charge in [-0.1, -0.05) is 0 Å². The van der Waals surface area contributed by atoms with Crippen molar-refractivity contribution < 1.29 is 14.3 Å². The van der Waals surface area contributed by atoms with Crippen LogP contribution < -0.4 is 0 Å². The molecule has 0 radical (unpaired) electrons. The van der Waals surface area contributed by atoms with E-state index in [1.807, 2.05) is 27.7 Å². The van der Waals surface area contributed by atoms with Crippen molar-refractivity contribution >= 4 is 11.9 Å². The number of allylic oxidation sites excluding steroid dienone is 1. The highest BCUT2D eigenvalue weighted by Gasteiger charge is 2.39. The average Bonchev–Trinajstić information content (AvgIpc) is 2.66. The topological polar surface area (TPSA) is 46.6 Å². The molecule has 0 aromatic carbocycles. The molecule has 0 bridgehead atoms. The van der Waals surface area contributed by atoms with Crippen molar-refractivity contribution in [2.75, 3.05) is 13.1 Å². The molecule has 1 aliphatic carbocycles. The van der Waals surface area contributed by atoms with Gasteiger partial charge < -0.3 is 9.64 Å². The molecule has 0 aromatic heterocycles. The number of rotatable bonds is 0. The fourth-order valence-corrected chi connectivity index (χ4v) is 2.41. The van der Waals surface area contributed by atoms with Crippen LogP contribution >= 0.6 is 0 Å². The van der Waals surface area contributed by atoms with Crippen molar-refractivity contribution in [1.29, 1.82) is 0 Å². The van der Waals surface area contributed by atoms with E-state index in [9.17, 15) is 9.59 Å². The molecule has 1 atom stereocenters. The van der Waals surface area contributed by atoms with Crippen molar-refractivity contribution in [2.24, 2.45) is 5.92 Å². The first kappa shape index (κ1) is 12.1. The van der Waals surface area contributed by atoms with E-state index in [0.29, 0.717) is 19.5 Å². The molecule has 94 valence electrons. The van der Waals surface area contributed by atoms with Gasteiger partial charge in [0, 0.05) is 25.4 Å². The molecule has 2 aliphatic rings. The van der Waals surface area contributed by atoms with E-state index in [-0.39, 0.29) is 17.8 Å². The van der Waals surface area contributed by atoms with Crippen LogP contribution in [0.5, 0.6) is 0 Å². The number of ketones is 1. The Balaban J connectivity index is 2.05. The second kappa shape index (κ2) is 3.86. The standard InChI is InChI=1S/C13H19NO3/c1-8-10-7-14(6-9(10)5-11(8)15)12(16)17-13(2,3)4/h9H,5-7H2,1-4H3/t9-/m0/s1. The summed E-state index contributed by atoms with van der Waals surface area (Å²) in [6.07, 6.45) is 0.278. The predicted molar refractivity (Wildman–Crippen MR) is 63.6 cm³/mol. The molecule has 2 rings (SSSR count). The average molecular weight is 237 g/mol. The molecule has 0 unspecified atom stereocenters. The van der Waals surface area contributed by atoms with Gasteiger partial charge in [-0.25, -0.2) is 4.79 Å². The lowest BCUT2D eigenvalue weighted by Crippen LogP contribution is -2.35. The van der Waals surface area contributed by atoms with Gasteiger partial charge in [0.2, 0.25) is 0 Å². The molecular formula is C13H19NO3. The highest BCUT2D eigenvalue weighted by molar-refractivity contribution is 5.99. The smallest absolute Gasteiger partial charge is 0.410 e. The van der Waals surface area contributed by atoms with Crippen LogP contribution in [0.15, 0.2) is 11.1 Å². The number of nitrogens with zero attached hydrogens (tertiary/aromatic N) is 1. The second-order valence-electron chi connectivity index (χ2n) is 5.84. The Labute approximate surface area is 102 Å². The van der Waals surface area contributed by atoms with Crippen molar-refractivity contribution in [1.82, 2.24) is 4.90 Å². The Bertz CT molecular complexity index is 403. The fraction of sp³-hybridized carbons (Fsp3) is 0.692. The van der Waals surface area contributed by atoms with Gasteiger partial charge in [-0.3, -0.25) is 4.79 Å². The monoisotopic (exact) mass is 237 g/mol. The van der Waals surface area contributed by atoms with Crippen LogP contribution in [0, 0.1) is 5.92 Å². The Hall–Kier alpha value is -1.32. The largest absolute Gasteiger partial charge is 0.444 e. The third kappa shape index (κ3) is 2.35. The van der Waals surface area contributed by atoms with E-state index in [2.05, 4.69) is 0 Å². The molecule has 1 amide bonds. The lowest BCUT2D eigenvalue weighted by molar-refractivity contribution is -0.115. The van der Waals surface area contributed by atoms with Crippen LogP contribution in [-0.2, 0) is 9.53 Å². The minimum atomic E-state index is -0.464. The predicted octanol–water partition coefficient (Wildman–Crippen LogP) is 2.14. The number of amides is 1. The summed E-state index contributed by atoms with van der Waals surface area (Å²) in [5.41, 5.74) is 1.51. The van der Waals surface area contributed by atoms with E-state index >= 15 is 0 Å². The number of likely N-dealkylation sites (tertiary alicyclic amines) is 1. The third-order valence-electron chi connectivity index (χ3n) is 3.28. The SMILES string of the molecule is CC1=C2CN(C(=O)OC(C)(C)C)C[C@@H]2CC1=O. The summed E-state index contributed by atoms with van der Waals surface area (Å²) in [7, 11) is 0. The zero-order chi connectivity index (χ0) is 12.8. The van der Waals surface area contributed by atoms with Gasteiger partial charge in [0.05, 0.1) is 0 Å². The third-order valence-corrected chi connectivity index (χ3v) is 3.28. The molecule has 1 aliphatic heterocycles. The van der Waals surface area contributed by atoms with Gasteiger partial charge in [0.25, 0.3) is 0 Å². The Morgan fingerprint density at radius 3 is 2.59 bits per heavy atom. The highest BCUT2D eigenvalue weighted by Crippen LogP contribution is 2.35. The van der Waals surface area contributed by atoms with Crippen molar-refractivity contribution in [3.8, 4) is 0 Å². The molecule has 1 heterocycles. The number of Topliss-reactive ketones (excluding diaryl/α,β-unsaturated/α-hetero) is 1. The van der Waals surface area contributed by atoms with Crippen molar-refractivity contribution in [3.63, 3.8) is 0 Å². The Kier molecular flexibility index (Phi) is 2.76. The molecule has 0 N–H and O–H groups in total. The summed E-state index contributed by atoms with van der Waals surface area (Å²) >= 11 is 0. The van der Waals surface area contributed by atoms with Gasteiger partial charge in [-0.15, -0.1) is 0 Å². The van der Waals surface area contributed by atoms with Crippen molar-refractivity contribution in [3.05, 3.63) is 11.1 Å². The maximum absolute atomic E-state index is 11.9. The van der Waals surface area contributed by atoms with Crippen LogP contribution in [-0.4, -0.2) is 35.5 Å². The van der Waals surface area contributed by atoms with E-state index in [0.717, 1.165) is 11.1 Å². The normalized spacial score (nSPS) is 24.4. The molecule has 4 heteroatoms. The van der Waals surface area contributed by atoms with Crippen LogP contribution in [0.25, 0.3) is 0 Å². The number of carbonyl (C=O) groups excluding carboxylic acids is 2. The number of fused-ring (bicyclic) bond motifs is 1.